The van der Waals surface area contributed by atoms with Crippen LogP contribution in [0.5, 0.6) is 11.5 Å². The van der Waals surface area contributed by atoms with Crippen LogP contribution in [0.25, 0.3) is 5.76 Å². The first kappa shape index (κ1) is 24.1. The van der Waals surface area contributed by atoms with Crippen molar-refractivity contribution in [2.45, 2.75) is 33.4 Å². The SMILES string of the molecule is CCOc1cccc(C2/C(=C(/O)c3ccc(C)c(C)c3)C(=O)C(=O)N2Cc2ccc(OC)cc2)c1. The summed E-state index contributed by atoms with van der Waals surface area (Å²) in [5, 5.41) is 11.3. The van der Waals surface area contributed by atoms with Gasteiger partial charge in [-0.2, -0.15) is 0 Å². The molecule has 0 saturated carbocycles. The van der Waals surface area contributed by atoms with Crippen molar-refractivity contribution in [3.8, 4) is 11.5 Å². The van der Waals surface area contributed by atoms with Crippen LogP contribution >= 0.6 is 0 Å². The molecule has 6 nitrogen and oxygen atoms in total. The Morgan fingerprint density at radius 1 is 0.943 bits per heavy atom. The van der Waals surface area contributed by atoms with Crippen LogP contribution in [0.15, 0.2) is 72.3 Å². The van der Waals surface area contributed by atoms with Gasteiger partial charge in [0, 0.05) is 12.1 Å². The Morgan fingerprint density at radius 3 is 2.34 bits per heavy atom. The Labute approximate surface area is 205 Å². The highest BCUT2D eigenvalue weighted by atomic mass is 16.5. The number of carbonyl (C=O) groups excluding carboxylic acids is 2. The molecule has 4 rings (SSSR count). The van der Waals surface area contributed by atoms with Crippen molar-refractivity contribution < 1.29 is 24.2 Å². The number of benzene rings is 3. The molecule has 0 aliphatic carbocycles. The number of carbonyl (C=O) groups is 2. The lowest BCUT2D eigenvalue weighted by Crippen LogP contribution is -2.29. The number of hydrogen-bond donors (Lipinski definition) is 1. The molecule has 0 radical (unpaired) electrons. The molecule has 1 heterocycles. The molecule has 0 bridgehead atoms. The van der Waals surface area contributed by atoms with Gasteiger partial charge >= 0.3 is 0 Å². The Kier molecular flexibility index (Phi) is 6.92. The molecule has 3 aromatic carbocycles. The predicted molar refractivity (Wildman–Crippen MR) is 134 cm³/mol. The van der Waals surface area contributed by atoms with Gasteiger partial charge in [-0.3, -0.25) is 9.59 Å². The zero-order valence-corrected chi connectivity index (χ0v) is 20.4. The third kappa shape index (κ3) is 4.78. The van der Waals surface area contributed by atoms with Gasteiger partial charge in [0.1, 0.15) is 17.3 Å². The second kappa shape index (κ2) is 10.1. The van der Waals surface area contributed by atoms with E-state index in [4.69, 9.17) is 9.47 Å². The van der Waals surface area contributed by atoms with Crippen LogP contribution in [0, 0.1) is 13.8 Å². The summed E-state index contributed by atoms with van der Waals surface area (Å²) in [6.07, 6.45) is 0. The van der Waals surface area contributed by atoms with Gasteiger partial charge in [-0.15, -0.1) is 0 Å². The van der Waals surface area contributed by atoms with Gasteiger partial charge in [0.05, 0.1) is 25.3 Å². The van der Waals surface area contributed by atoms with Crippen molar-refractivity contribution in [3.05, 3.63) is 100 Å². The smallest absolute Gasteiger partial charge is 0.295 e. The van der Waals surface area contributed by atoms with E-state index in [2.05, 4.69) is 0 Å². The van der Waals surface area contributed by atoms with E-state index in [1.165, 1.54) is 4.90 Å². The number of Topliss-reactive ketones (excluding diaryl/α,β-unsaturated/α-hetero) is 1. The van der Waals surface area contributed by atoms with E-state index in [1.807, 2.05) is 81.4 Å². The van der Waals surface area contributed by atoms with Crippen molar-refractivity contribution in [2.24, 2.45) is 0 Å². The quantitative estimate of drug-likeness (QED) is 0.286. The fourth-order valence-electron chi connectivity index (χ4n) is 4.30. The maximum absolute atomic E-state index is 13.3. The number of methoxy groups -OCH3 is 1. The molecule has 1 aliphatic heterocycles. The van der Waals surface area contributed by atoms with Crippen molar-refractivity contribution in [1.82, 2.24) is 4.90 Å². The Morgan fingerprint density at radius 2 is 1.69 bits per heavy atom. The van der Waals surface area contributed by atoms with E-state index in [1.54, 1.807) is 13.2 Å². The monoisotopic (exact) mass is 471 g/mol. The highest BCUT2D eigenvalue weighted by Gasteiger charge is 2.46. The molecule has 1 amide bonds. The molecule has 1 fully saturated rings. The lowest BCUT2D eigenvalue weighted by atomic mass is 9.94. The summed E-state index contributed by atoms with van der Waals surface area (Å²) in [7, 11) is 1.59. The first-order valence-corrected chi connectivity index (χ1v) is 11.6. The summed E-state index contributed by atoms with van der Waals surface area (Å²) in [4.78, 5) is 28.1. The van der Waals surface area contributed by atoms with Crippen LogP contribution in [0.2, 0.25) is 0 Å². The van der Waals surface area contributed by atoms with E-state index >= 15 is 0 Å². The van der Waals surface area contributed by atoms with Gasteiger partial charge in [-0.1, -0.05) is 36.4 Å². The maximum Gasteiger partial charge on any atom is 0.295 e. The van der Waals surface area contributed by atoms with Gasteiger partial charge in [0.15, 0.2) is 0 Å². The third-order valence-corrected chi connectivity index (χ3v) is 6.32. The van der Waals surface area contributed by atoms with Gasteiger partial charge in [0.2, 0.25) is 0 Å². The number of aliphatic hydroxyl groups excluding tert-OH is 1. The Bertz CT molecular complexity index is 1290. The van der Waals surface area contributed by atoms with Gasteiger partial charge in [-0.25, -0.2) is 0 Å². The fraction of sp³-hybridized carbons (Fsp3) is 0.241. The summed E-state index contributed by atoms with van der Waals surface area (Å²) in [5.74, 6) is -0.215. The van der Waals surface area contributed by atoms with E-state index in [0.717, 1.165) is 16.7 Å². The number of rotatable bonds is 7. The molecule has 1 unspecified atom stereocenters. The minimum absolute atomic E-state index is 0.0698. The number of nitrogens with zero attached hydrogens (tertiary/aromatic N) is 1. The average Bonchev–Trinajstić information content (AvgIpc) is 3.11. The van der Waals surface area contributed by atoms with Crippen LogP contribution in [-0.4, -0.2) is 35.4 Å². The predicted octanol–water partition coefficient (Wildman–Crippen LogP) is 5.33. The molecule has 1 N–H and O–H groups in total. The lowest BCUT2D eigenvalue weighted by molar-refractivity contribution is -0.140. The first-order chi connectivity index (χ1) is 16.8. The topological polar surface area (TPSA) is 76.1 Å². The molecule has 0 spiro atoms. The minimum atomic E-state index is -0.765. The van der Waals surface area contributed by atoms with Crippen LogP contribution in [-0.2, 0) is 16.1 Å². The molecule has 0 aromatic heterocycles. The maximum atomic E-state index is 13.3. The zero-order chi connectivity index (χ0) is 25.1. The largest absolute Gasteiger partial charge is 0.507 e. The van der Waals surface area contributed by atoms with Crippen molar-refractivity contribution in [3.63, 3.8) is 0 Å². The van der Waals surface area contributed by atoms with E-state index in [0.29, 0.717) is 29.2 Å². The molecule has 180 valence electrons. The Balaban J connectivity index is 1.85. The number of hydrogen-bond acceptors (Lipinski definition) is 5. The zero-order valence-electron chi connectivity index (χ0n) is 20.4. The van der Waals surface area contributed by atoms with Crippen LogP contribution < -0.4 is 9.47 Å². The van der Waals surface area contributed by atoms with Gasteiger partial charge in [0.25, 0.3) is 11.7 Å². The minimum Gasteiger partial charge on any atom is -0.507 e. The summed E-state index contributed by atoms with van der Waals surface area (Å²) in [6.45, 7) is 6.49. The number of aryl methyl sites for hydroxylation is 2. The van der Waals surface area contributed by atoms with Crippen LogP contribution in [0.4, 0.5) is 0 Å². The normalized spacial score (nSPS) is 17.0. The fourth-order valence-corrected chi connectivity index (χ4v) is 4.30. The number of aliphatic hydroxyl groups is 1. The second-order valence-electron chi connectivity index (χ2n) is 8.58. The summed E-state index contributed by atoms with van der Waals surface area (Å²) in [6, 6.07) is 19.4. The Hall–Kier alpha value is -4.06. The second-order valence-corrected chi connectivity index (χ2v) is 8.58. The molecule has 35 heavy (non-hydrogen) atoms. The highest BCUT2D eigenvalue weighted by Crippen LogP contribution is 2.41. The number of ether oxygens (including phenoxy) is 2. The van der Waals surface area contributed by atoms with Crippen LogP contribution in [0.1, 0.15) is 40.8 Å². The van der Waals surface area contributed by atoms with Crippen molar-refractivity contribution in [2.75, 3.05) is 13.7 Å². The van der Waals surface area contributed by atoms with E-state index < -0.39 is 17.7 Å². The molecular formula is C29H29NO5. The van der Waals surface area contributed by atoms with E-state index in [-0.39, 0.29) is 17.9 Å². The third-order valence-electron chi connectivity index (χ3n) is 6.32. The molecule has 6 heteroatoms. The average molecular weight is 472 g/mol. The number of amides is 1. The summed E-state index contributed by atoms with van der Waals surface area (Å²) in [5.41, 5.74) is 4.15. The number of likely N-dealkylation sites (tertiary alicyclic amines) is 1. The standard InChI is InChI=1S/C29H29NO5/c1-5-35-24-8-6-7-21(16-24)26-25(27(31)22-12-9-18(2)19(3)15-22)28(32)29(33)30(26)17-20-10-13-23(34-4)14-11-20/h6-16,26,31H,5,17H2,1-4H3/b27-25-. The van der Waals surface area contributed by atoms with Crippen molar-refractivity contribution in [1.29, 1.82) is 0 Å². The van der Waals surface area contributed by atoms with Crippen molar-refractivity contribution >= 4 is 17.4 Å². The van der Waals surface area contributed by atoms with Crippen LogP contribution in [0.3, 0.4) is 0 Å². The number of ketones is 1. The summed E-state index contributed by atoms with van der Waals surface area (Å²) >= 11 is 0. The highest BCUT2D eigenvalue weighted by molar-refractivity contribution is 6.46. The molecular weight excluding hydrogens is 442 g/mol. The van der Waals surface area contributed by atoms with Gasteiger partial charge < -0.3 is 19.5 Å². The molecule has 1 aliphatic rings. The van der Waals surface area contributed by atoms with E-state index in [9.17, 15) is 14.7 Å². The first-order valence-electron chi connectivity index (χ1n) is 11.6. The molecule has 1 saturated heterocycles. The molecule has 1 atom stereocenters. The lowest BCUT2D eigenvalue weighted by Gasteiger charge is -2.26. The van der Waals surface area contributed by atoms with Gasteiger partial charge in [-0.05, 0) is 73.4 Å². The molecule has 3 aromatic rings. The summed E-state index contributed by atoms with van der Waals surface area (Å²) < 4.78 is 10.9.